The Balaban J connectivity index is 1.47. The zero-order valence-electron chi connectivity index (χ0n) is 17.4. The van der Waals surface area contributed by atoms with E-state index < -0.39 is 0 Å². The van der Waals surface area contributed by atoms with Gasteiger partial charge in [0.05, 0.1) is 6.20 Å². The first-order valence-electron chi connectivity index (χ1n) is 10.1. The number of nitrogens with one attached hydrogen (secondary N) is 1. The summed E-state index contributed by atoms with van der Waals surface area (Å²) in [5.41, 5.74) is 4.05. The molecule has 29 heavy (non-hydrogen) atoms. The van der Waals surface area contributed by atoms with Gasteiger partial charge in [-0.05, 0) is 60.2 Å². The molecular formula is C24H29N3O2. The third-order valence-electron chi connectivity index (χ3n) is 4.75. The topological polar surface area (TPSA) is 56.2 Å². The van der Waals surface area contributed by atoms with Crippen LogP contribution in [0.15, 0.2) is 60.9 Å². The van der Waals surface area contributed by atoms with Gasteiger partial charge >= 0.3 is 0 Å². The van der Waals surface area contributed by atoms with Crippen molar-refractivity contribution in [3.05, 3.63) is 83.2 Å². The summed E-state index contributed by atoms with van der Waals surface area (Å²) in [4.78, 5) is 12.4. The van der Waals surface area contributed by atoms with E-state index in [2.05, 4.69) is 36.4 Å². The molecule has 0 atom stereocenters. The molecule has 3 aromatic rings. The molecule has 3 rings (SSSR count). The molecule has 0 bridgehead atoms. The normalized spacial score (nSPS) is 10.9. The van der Waals surface area contributed by atoms with Crippen molar-refractivity contribution in [3.63, 3.8) is 0 Å². The van der Waals surface area contributed by atoms with Crippen LogP contribution in [0.2, 0.25) is 0 Å². The number of benzene rings is 2. The quantitative estimate of drug-likeness (QED) is 0.537. The van der Waals surface area contributed by atoms with Gasteiger partial charge in [0.25, 0.3) is 5.91 Å². The van der Waals surface area contributed by atoms with Crippen LogP contribution in [0.4, 0.5) is 0 Å². The number of aromatic nitrogens is 2. The van der Waals surface area contributed by atoms with Gasteiger partial charge in [-0.2, -0.15) is 5.10 Å². The number of aryl methyl sites for hydroxylation is 2. The van der Waals surface area contributed by atoms with Crippen molar-refractivity contribution < 1.29 is 9.53 Å². The first kappa shape index (κ1) is 20.6. The van der Waals surface area contributed by atoms with Gasteiger partial charge in [-0.1, -0.05) is 38.1 Å². The van der Waals surface area contributed by atoms with Crippen LogP contribution in [0.3, 0.4) is 0 Å². The highest BCUT2D eigenvalue weighted by atomic mass is 16.5. The van der Waals surface area contributed by atoms with Gasteiger partial charge in [0.2, 0.25) is 0 Å². The molecule has 1 N–H and O–H groups in total. The maximum absolute atomic E-state index is 12.4. The molecule has 0 unspecified atom stereocenters. The molecule has 1 aromatic heterocycles. The Labute approximate surface area is 172 Å². The van der Waals surface area contributed by atoms with E-state index in [0.717, 1.165) is 29.8 Å². The molecule has 152 valence electrons. The summed E-state index contributed by atoms with van der Waals surface area (Å²) in [5, 5.41) is 7.22. The Bertz CT molecular complexity index is 929. The Kier molecular flexibility index (Phi) is 7.06. The fraction of sp³-hybridized carbons (Fsp3) is 0.333. The van der Waals surface area contributed by atoms with Gasteiger partial charge in [-0.15, -0.1) is 0 Å². The number of hydrogen-bond acceptors (Lipinski definition) is 3. The molecule has 0 spiro atoms. The second-order valence-corrected chi connectivity index (χ2v) is 7.60. The predicted molar refractivity (Wildman–Crippen MR) is 115 cm³/mol. The number of rotatable bonds is 9. The highest BCUT2D eigenvalue weighted by molar-refractivity contribution is 5.94. The standard InChI is InChI=1S/C24H29N3O2/c1-18(2)21-8-10-23(11-9-21)29-17-20-6-4-7-22(14-20)24(28)25-12-5-13-27-16-19(3)15-26-27/h4,6-11,14-16,18H,5,12-13,17H2,1-3H3,(H,25,28). The van der Waals surface area contributed by atoms with Crippen molar-refractivity contribution in [1.29, 1.82) is 0 Å². The Hall–Kier alpha value is -3.08. The van der Waals surface area contributed by atoms with Crippen LogP contribution in [0.1, 0.15) is 53.2 Å². The summed E-state index contributed by atoms with van der Waals surface area (Å²) in [6, 6.07) is 15.7. The summed E-state index contributed by atoms with van der Waals surface area (Å²) in [6.45, 7) is 8.19. The predicted octanol–water partition coefficient (Wildman–Crippen LogP) is 4.71. The molecule has 0 aliphatic carbocycles. The second kappa shape index (κ2) is 9.92. The second-order valence-electron chi connectivity index (χ2n) is 7.60. The van der Waals surface area contributed by atoms with Gasteiger partial charge in [0, 0.05) is 24.8 Å². The third kappa shape index (κ3) is 6.21. The monoisotopic (exact) mass is 391 g/mol. The van der Waals surface area contributed by atoms with Crippen molar-refractivity contribution >= 4 is 5.91 Å². The van der Waals surface area contributed by atoms with E-state index in [9.17, 15) is 4.79 Å². The summed E-state index contributed by atoms with van der Waals surface area (Å²) in [6.07, 6.45) is 4.68. The van der Waals surface area contributed by atoms with Gasteiger partial charge in [0.15, 0.2) is 0 Å². The highest BCUT2D eigenvalue weighted by Gasteiger charge is 2.07. The Morgan fingerprint density at radius 1 is 1.17 bits per heavy atom. The number of ether oxygens (including phenoxy) is 1. The van der Waals surface area contributed by atoms with Crippen molar-refractivity contribution in [2.75, 3.05) is 6.54 Å². The van der Waals surface area contributed by atoms with Crippen LogP contribution in [-0.2, 0) is 13.2 Å². The van der Waals surface area contributed by atoms with E-state index in [0.29, 0.717) is 24.6 Å². The van der Waals surface area contributed by atoms with E-state index in [1.54, 1.807) is 0 Å². The van der Waals surface area contributed by atoms with Crippen LogP contribution in [0, 0.1) is 6.92 Å². The van der Waals surface area contributed by atoms with E-state index in [4.69, 9.17) is 4.74 Å². The van der Waals surface area contributed by atoms with Crippen LogP contribution in [0.25, 0.3) is 0 Å². The summed E-state index contributed by atoms with van der Waals surface area (Å²) >= 11 is 0. The fourth-order valence-corrected chi connectivity index (χ4v) is 3.05. The minimum absolute atomic E-state index is 0.0650. The molecule has 0 aliphatic heterocycles. The lowest BCUT2D eigenvalue weighted by Gasteiger charge is -2.10. The number of nitrogens with zero attached hydrogens (tertiary/aromatic N) is 2. The number of amides is 1. The van der Waals surface area contributed by atoms with Crippen LogP contribution < -0.4 is 10.1 Å². The highest BCUT2D eigenvalue weighted by Crippen LogP contribution is 2.19. The first-order valence-corrected chi connectivity index (χ1v) is 10.1. The maximum atomic E-state index is 12.4. The average molecular weight is 392 g/mol. The fourth-order valence-electron chi connectivity index (χ4n) is 3.05. The third-order valence-corrected chi connectivity index (χ3v) is 4.75. The minimum atomic E-state index is -0.0650. The lowest BCUT2D eigenvalue weighted by atomic mass is 10.0. The maximum Gasteiger partial charge on any atom is 0.251 e. The molecule has 5 nitrogen and oxygen atoms in total. The van der Waals surface area contributed by atoms with E-state index in [-0.39, 0.29) is 5.91 Å². The molecule has 1 amide bonds. The largest absolute Gasteiger partial charge is 0.489 e. The van der Waals surface area contributed by atoms with Crippen LogP contribution in [-0.4, -0.2) is 22.2 Å². The SMILES string of the molecule is Cc1cnn(CCCNC(=O)c2cccc(COc3ccc(C(C)C)cc3)c2)c1. The molecule has 1 heterocycles. The zero-order chi connectivity index (χ0) is 20.6. The van der Waals surface area contributed by atoms with E-state index >= 15 is 0 Å². The smallest absolute Gasteiger partial charge is 0.251 e. The number of hydrogen-bond donors (Lipinski definition) is 1. The lowest BCUT2D eigenvalue weighted by molar-refractivity contribution is 0.0952. The van der Waals surface area contributed by atoms with Crippen molar-refractivity contribution in [3.8, 4) is 5.75 Å². The molecule has 0 saturated carbocycles. The molecule has 0 fully saturated rings. The van der Waals surface area contributed by atoms with Gasteiger partial charge in [-0.3, -0.25) is 9.48 Å². The summed E-state index contributed by atoms with van der Waals surface area (Å²) in [5.74, 6) is 1.27. The Morgan fingerprint density at radius 2 is 1.97 bits per heavy atom. The van der Waals surface area contributed by atoms with Crippen LogP contribution >= 0.6 is 0 Å². The molecule has 0 saturated heterocycles. The molecule has 0 radical (unpaired) electrons. The Morgan fingerprint density at radius 3 is 2.66 bits per heavy atom. The van der Waals surface area contributed by atoms with Crippen molar-refractivity contribution in [2.45, 2.75) is 46.3 Å². The number of carbonyl (C=O) groups excluding carboxylic acids is 1. The van der Waals surface area contributed by atoms with Gasteiger partial charge < -0.3 is 10.1 Å². The molecule has 0 aliphatic rings. The van der Waals surface area contributed by atoms with E-state index in [1.165, 1.54) is 5.56 Å². The van der Waals surface area contributed by atoms with Gasteiger partial charge in [0.1, 0.15) is 12.4 Å². The zero-order valence-corrected chi connectivity index (χ0v) is 17.4. The lowest BCUT2D eigenvalue weighted by Crippen LogP contribution is -2.25. The first-order chi connectivity index (χ1) is 14.0. The molecule has 2 aromatic carbocycles. The average Bonchev–Trinajstić information content (AvgIpc) is 3.15. The van der Waals surface area contributed by atoms with Crippen molar-refractivity contribution in [1.82, 2.24) is 15.1 Å². The summed E-state index contributed by atoms with van der Waals surface area (Å²) < 4.78 is 7.77. The van der Waals surface area contributed by atoms with Crippen LogP contribution in [0.5, 0.6) is 5.75 Å². The van der Waals surface area contributed by atoms with Gasteiger partial charge in [-0.25, -0.2) is 0 Å². The minimum Gasteiger partial charge on any atom is -0.489 e. The molecule has 5 heteroatoms. The number of carbonyl (C=O) groups is 1. The van der Waals surface area contributed by atoms with Crippen molar-refractivity contribution in [2.24, 2.45) is 0 Å². The van der Waals surface area contributed by atoms with E-state index in [1.807, 2.05) is 60.4 Å². The molecular weight excluding hydrogens is 362 g/mol. The summed E-state index contributed by atoms with van der Waals surface area (Å²) in [7, 11) is 0.